The lowest BCUT2D eigenvalue weighted by atomic mass is 9.97. The first-order valence-corrected chi connectivity index (χ1v) is 10.4. The average Bonchev–Trinajstić information content (AvgIpc) is 2.73. The van der Waals surface area contributed by atoms with Gasteiger partial charge < -0.3 is 10.2 Å². The minimum Gasteiger partial charge on any atom is -0.356 e. The van der Waals surface area contributed by atoms with Crippen LogP contribution in [0.15, 0.2) is 60.7 Å². The molecular formula is C24H33N3O. The van der Waals surface area contributed by atoms with Crippen LogP contribution in [0.5, 0.6) is 0 Å². The Hall–Kier alpha value is -2.17. The topological polar surface area (TPSA) is 35.6 Å². The van der Waals surface area contributed by atoms with Gasteiger partial charge in [0.25, 0.3) is 0 Å². The Morgan fingerprint density at radius 1 is 1.07 bits per heavy atom. The van der Waals surface area contributed by atoms with Crippen molar-refractivity contribution in [1.82, 2.24) is 15.1 Å². The highest BCUT2D eigenvalue weighted by Crippen LogP contribution is 2.24. The molecule has 2 aromatic carbocycles. The highest BCUT2D eigenvalue weighted by Gasteiger charge is 2.25. The van der Waals surface area contributed by atoms with Crippen molar-refractivity contribution in [3.63, 3.8) is 0 Å². The number of piperazine rings is 1. The van der Waals surface area contributed by atoms with Crippen LogP contribution in [-0.2, 0) is 4.79 Å². The first-order chi connectivity index (χ1) is 13.6. The first-order valence-electron chi connectivity index (χ1n) is 10.4. The first kappa shape index (κ1) is 20.6. The molecule has 4 heteroatoms. The number of likely N-dealkylation sites (N-methyl/N-ethyl adjacent to an activating group) is 1. The van der Waals surface area contributed by atoms with Crippen LogP contribution in [0.2, 0.25) is 0 Å². The van der Waals surface area contributed by atoms with Crippen LogP contribution >= 0.6 is 0 Å². The maximum Gasteiger partial charge on any atom is 0.220 e. The van der Waals surface area contributed by atoms with E-state index >= 15 is 0 Å². The van der Waals surface area contributed by atoms with Crippen molar-refractivity contribution in [3.05, 3.63) is 71.8 Å². The third-order valence-electron chi connectivity index (χ3n) is 5.68. The van der Waals surface area contributed by atoms with Crippen molar-refractivity contribution in [2.24, 2.45) is 0 Å². The van der Waals surface area contributed by atoms with Crippen molar-refractivity contribution >= 4 is 5.91 Å². The van der Waals surface area contributed by atoms with Gasteiger partial charge >= 0.3 is 0 Å². The molecule has 0 saturated carbocycles. The maximum absolute atomic E-state index is 12.3. The minimum atomic E-state index is 0.148. The summed E-state index contributed by atoms with van der Waals surface area (Å²) in [6.45, 7) is 7.12. The summed E-state index contributed by atoms with van der Waals surface area (Å²) in [5, 5.41) is 3.11. The number of carbonyl (C=O) groups is 1. The number of carbonyl (C=O) groups excluding carboxylic acids is 1. The summed E-state index contributed by atoms with van der Waals surface area (Å²) in [5.41, 5.74) is 2.61. The van der Waals surface area contributed by atoms with Crippen molar-refractivity contribution in [3.8, 4) is 0 Å². The zero-order valence-corrected chi connectivity index (χ0v) is 17.2. The van der Waals surface area contributed by atoms with Gasteiger partial charge in [-0.2, -0.15) is 0 Å². The van der Waals surface area contributed by atoms with Crippen LogP contribution in [-0.4, -0.2) is 55.5 Å². The van der Waals surface area contributed by atoms with E-state index in [1.165, 1.54) is 11.1 Å². The summed E-state index contributed by atoms with van der Waals surface area (Å²) >= 11 is 0. The maximum atomic E-state index is 12.3. The Bertz CT molecular complexity index is 719. The summed E-state index contributed by atoms with van der Waals surface area (Å²) in [6, 6.07) is 21.5. The fourth-order valence-electron chi connectivity index (χ4n) is 3.98. The summed E-state index contributed by atoms with van der Waals surface area (Å²) in [7, 11) is 2.20. The summed E-state index contributed by atoms with van der Waals surface area (Å²) < 4.78 is 0. The molecular weight excluding hydrogens is 346 g/mol. The van der Waals surface area contributed by atoms with Gasteiger partial charge in [-0.15, -0.1) is 0 Å². The summed E-state index contributed by atoms with van der Waals surface area (Å²) in [4.78, 5) is 17.2. The van der Waals surface area contributed by atoms with Crippen LogP contribution in [0.4, 0.5) is 0 Å². The molecule has 0 aliphatic carbocycles. The molecule has 1 aliphatic heterocycles. The lowest BCUT2D eigenvalue weighted by molar-refractivity contribution is -0.121. The molecule has 1 saturated heterocycles. The van der Waals surface area contributed by atoms with Gasteiger partial charge in [0.05, 0.1) is 0 Å². The monoisotopic (exact) mass is 379 g/mol. The SMILES string of the molecule is C[C@H](CC(=O)NCCCN1CCN(C)C[C@@H]1c1ccccc1)c1ccccc1. The average molecular weight is 380 g/mol. The van der Waals surface area contributed by atoms with Crippen LogP contribution in [0, 0.1) is 0 Å². The number of amides is 1. The van der Waals surface area contributed by atoms with E-state index in [1.54, 1.807) is 0 Å². The van der Waals surface area contributed by atoms with E-state index in [2.05, 4.69) is 71.6 Å². The van der Waals surface area contributed by atoms with Gasteiger partial charge in [0.15, 0.2) is 0 Å². The van der Waals surface area contributed by atoms with Crippen molar-refractivity contribution in [1.29, 1.82) is 0 Å². The van der Waals surface area contributed by atoms with Crippen LogP contribution in [0.1, 0.15) is 42.9 Å². The van der Waals surface area contributed by atoms with Crippen molar-refractivity contribution < 1.29 is 4.79 Å². The van der Waals surface area contributed by atoms with Gasteiger partial charge in [0.2, 0.25) is 5.91 Å². The molecule has 0 spiro atoms. The molecule has 0 radical (unpaired) electrons. The van der Waals surface area contributed by atoms with Gasteiger partial charge in [0, 0.05) is 45.2 Å². The Balaban J connectivity index is 1.43. The number of nitrogens with one attached hydrogen (secondary N) is 1. The molecule has 1 amide bonds. The molecule has 0 bridgehead atoms. The molecule has 0 aromatic heterocycles. The molecule has 3 rings (SSSR count). The van der Waals surface area contributed by atoms with Crippen LogP contribution < -0.4 is 5.32 Å². The van der Waals surface area contributed by atoms with E-state index in [4.69, 9.17) is 0 Å². The van der Waals surface area contributed by atoms with Gasteiger partial charge in [-0.3, -0.25) is 9.69 Å². The van der Waals surface area contributed by atoms with E-state index in [0.717, 1.165) is 39.1 Å². The standard InChI is InChI=1S/C24H33N3O/c1-20(21-10-5-3-6-11-21)18-24(28)25-14-9-15-27-17-16-26(2)19-23(27)22-12-7-4-8-13-22/h3-8,10-13,20,23H,9,14-19H2,1-2H3,(H,25,28)/t20-,23-/m1/s1. The zero-order valence-electron chi connectivity index (χ0n) is 17.2. The fraction of sp³-hybridized carbons (Fsp3) is 0.458. The quantitative estimate of drug-likeness (QED) is 0.711. The van der Waals surface area contributed by atoms with E-state index < -0.39 is 0 Å². The normalized spacial score (nSPS) is 19.3. The predicted octanol–water partition coefficient (Wildman–Crippen LogP) is 3.68. The van der Waals surface area contributed by atoms with Gasteiger partial charge in [-0.1, -0.05) is 67.6 Å². The highest BCUT2D eigenvalue weighted by atomic mass is 16.1. The molecule has 28 heavy (non-hydrogen) atoms. The Morgan fingerprint density at radius 3 is 2.46 bits per heavy atom. The second-order valence-electron chi connectivity index (χ2n) is 7.94. The van der Waals surface area contributed by atoms with Crippen molar-refractivity contribution in [2.45, 2.75) is 31.7 Å². The molecule has 150 valence electrons. The fourth-order valence-corrected chi connectivity index (χ4v) is 3.98. The predicted molar refractivity (Wildman–Crippen MR) is 115 cm³/mol. The molecule has 4 nitrogen and oxygen atoms in total. The number of hydrogen-bond donors (Lipinski definition) is 1. The van der Waals surface area contributed by atoms with E-state index in [1.807, 2.05) is 18.2 Å². The Labute approximate surface area is 169 Å². The second kappa shape index (κ2) is 10.4. The molecule has 2 aromatic rings. The third kappa shape index (κ3) is 5.91. The molecule has 1 heterocycles. The molecule has 2 atom stereocenters. The van der Waals surface area contributed by atoms with Crippen LogP contribution in [0.3, 0.4) is 0 Å². The second-order valence-corrected chi connectivity index (χ2v) is 7.94. The van der Waals surface area contributed by atoms with E-state index in [0.29, 0.717) is 12.5 Å². The zero-order chi connectivity index (χ0) is 19.8. The number of hydrogen-bond acceptors (Lipinski definition) is 3. The molecule has 0 unspecified atom stereocenters. The third-order valence-corrected chi connectivity index (χ3v) is 5.68. The van der Waals surface area contributed by atoms with E-state index in [9.17, 15) is 4.79 Å². The van der Waals surface area contributed by atoms with Gasteiger partial charge in [-0.05, 0) is 30.5 Å². The smallest absolute Gasteiger partial charge is 0.220 e. The number of nitrogens with zero attached hydrogens (tertiary/aromatic N) is 2. The van der Waals surface area contributed by atoms with Crippen molar-refractivity contribution in [2.75, 3.05) is 39.8 Å². The Kier molecular flexibility index (Phi) is 7.63. The molecule has 1 fully saturated rings. The summed E-state index contributed by atoms with van der Waals surface area (Å²) in [6.07, 6.45) is 1.53. The van der Waals surface area contributed by atoms with E-state index in [-0.39, 0.29) is 11.8 Å². The largest absolute Gasteiger partial charge is 0.356 e. The summed E-state index contributed by atoms with van der Waals surface area (Å²) in [5.74, 6) is 0.399. The number of benzene rings is 2. The Morgan fingerprint density at radius 2 is 1.75 bits per heavy atom. The lowest BCUT2D eigenvalue weighted by Gasteiger charge is -2.40. The molecule has 1 N–H and O–H groups in total. The molecule has 1 aliphatic rings. The van der Waals surface area contributed by atoms with Crippen LogP contribution in [0.25, 0.3) is 0 Å². The van der Waals surface area contributed by atoms with Gasteiger partial charge in [-0.25, -0.2) is 0 Å². The highest BCUT2D eigenvalue weighted by molar-refractivity contribution is 5.76. The lowest BCUT2D eigenvalue weighted by Crippen LogP contribution is -2.47. The van der Waals surface area contributed by atoms with Gasteiger partial charge in [0.1, 0.15) is 0 Å². The minimum absolute atomic E-state index is 0.148. The number of rotatable bonds is 8.